The van der Waals surface area contributed by atoms with Crippen LogP contribution in [0.5, 0.6) is 0 Å². The van der Waals surface area contributed by atoms with Gasteiger partial charge in [-0.1, -0.05) is 6.92 Å². The van der Waals surface area contributed by atoms with Gasteiger partial charge in [-0.3, -0.25) is 19.6 Å². The predicted octanol–water partition coefficient (Wildman–Crippen LogP) is 4.44. The zero-order valence-electron chi connectivity index (χ0n) is 24.6. The molecule has 4 heterocycles. The minimum Gasteiger partial charge on any atom is -0.444 e. The molecule has 2 aromatic rings. The fraction of sp³-hybridized carbons (Fsp3) is 0.667. The van der Waals surface area contributed by atoms with E-state index in [2.05, 4.69) is 22.2 Å². The van der Waals surface area contributed by atoms with Gasteiger partial charge in [0.05, 0.1) is 11.6 Å². The average molecular weight is 574 g/mol. The molecule has 5 rings (SSSR count). The Labute approximate surface area is 239 Å². The summed E-state index contributed by atoms with van der Waals surface area (Å²) in [6.07, 6.45) is 2.35. The molecule has 11 heteroatoms. The van der Waals surface area contributed by atoms with E-state index in [1.807, 2.05) is 20.8 Å². The maximum atomic E-state index is 15.9. The van der Waals surface area contributed by atoms with Gasteiger partial charge < -0.3 is 14.5 Å². The van der Waals surface area contributed by atoms with E-state index in [4.69, 9.17) is 4.74 Å². The first-order valence-electron chi connectivity index (χ1n) is 14.7. The molecule has 224 valence electrons. The fourth-order valence-corrected chi connectivity index (χ4v) is 6.68. The number of carbonyl (C=O) groups is 3. The summed E-state index contributed by atoms with van der Waals surface area (Å²) in [7, 11) is 1.60. The Kier molecular flexibility index (Phi) is 8.11. The molecule has 3 saturated heterocycles. The summed E-state index contributed by atoms with van der Waals surface area (Å²) in [6.45, 7) is 11.5. The molecule has 0 radical (unpaired) electrons. The summed E-state index contributed by atoms with van der Waals surface area (Å²) in [4.78, 5) is 40.7. The lowest BCUT2D eigenvalue weighted by atomic mass is 9.84. The quantitative estimate of drug-likeness (QED) is 0.544. The highest BCUT2D eigenvalue weighted by Gasteiger charge is 2.36. The van der Waals surface area contributed by atoms with Crippen molar-refractivity contribution in [2.75, 3.05) is 32.7 Å². The highest BCUT2D eigenvalue weighted by molar-refractivity contribution is 6.02. The number of carbonyl (C=O) groups excluding carboxylic acids is 3. The van der Waals surface area contributed by atoms with E-state index in [-0.39, 0.29) is 47.2 Å². The van der Waals surface area contributed by atoms with Crippen LogP contribution in [-0.4, -0.2) is 75.8 Å². The first-order valence-corrected chi connectivity index (χ1v) is 14.7. The van der Waals surface area contributed by atoms with Gasteiger partial charge in [-0.2, -0.15) is 5.10 Å². The molecule has 9 nitrogen and oxygen atoms in total. The Morgan fingerprint density at radius 2 is 1.83 bits per heavy atom. The van der Waals surface area contributed by atoms with Crippen LogP contribution in [-0.2, 0) is 21.4 Å². The minimum absolute atomic E-state index is 0.0917. The van der Waals surface area contributed by atoms with Crippen LogP contribution in [0.1, 0.15) is 82.9 Å². The molecule has 3 atom stereocenters. The van der Waals surface area contributed by atoms with Crippen molar-refractivity contribution in [1.29, 1.82) is 0 Å². The zero-order valence-corrected chi connectivity index (χ0v) is 24.6. The number of ether oxygens (including phenoxy) is 1. The number of benzene rings is 1. The van der Waals surface area contributed by atoms with Crippen LogP contribution in [0, 0.1) is 23.5 Å². The van der Waals surface area contributed by atoms with Crippen LogP contribution in [0.2, 0.25) is 0 Å². The molecule has 1 aromatic heterocycles. The summed E-state index contributed by atoms with van der Waals surface area (Å²) in [5.74, 6) is -2.27. The third kappa shape index (κ3) is 6.10. The van der Waals surface area contributed by atoms with Crippen molar-refractivity contribution in [2.45, 2.75) is 77.2 Å². The molecule has 0 saturated carbocycles. The van der Waals surface area contributed by atoms with Crippen LogP contribution in [0.15, 0.2) is 6.07 Å². The number of fused-ring (bicyclic) bond motifs is 1. The summed E-state index contributed by atoms with van der Waals surface area (Å²) < 4.78 is 38.4. The van der Waals surface area contributed by atoms with Crippen molar-refractivity contribution in [3.8, 4) is 0 Å². The van der Waals surface area contributed by atoms with Crippen molar-refractivity contribution in [3.05, 3.63) is 29.0 Å². The molecule has 41 heavy (non-hydrogen) atoms. The third-order valence-corrected chi connectivity index (χ3v) is 8.88. The predicted molar refractivity (Wildman–Crippen MR) is 149 cm³/mol. The van der Waals surface area contributed by atoms with Crippen molar-refractivity contribution < 1.29 is 27.9 Å². The van der Waals surface area contributed by atoms with Gasteiger partial charge in [0, 0.05) is 44.1 Å². The number of halogens is 2. The molecule has 0 spiro atoms. The largest absolute Gasteiger partial charge is 0.444 e. The maximum Gasteiger partial charge on any atom is 0.410 e. The number of amides is 3. The number of aryl methyl sites for hydroxylation is 1. The van der Waals surface area contributed by atoms with Crippen molar-refractivity contribution in [3.63, 3.8) is 0 Å². The highest BCUT2D eigenvalue weighted by atomic mass is 19.1. The Bertz CT molecular complexity index is 1340. The van der Waals surface area contributed by atoms with Crippen LogP contribution in [0.3, 0.4) is 0 Å². The van der Waals surface area contributed by atoms with Crippen molar-refractivity contribution in [1.82, 2.24) is 24.9 Å². The lowest BCUT2D eigenvalue weighted by Crippen LogP contribution is -2.48. The summed E-state index contributed by atoms with van der Waals surface area (Å²) in [5.41, 5.74) is 0.0685. The van der Waals surface area contributed by atoms with Gasteiger partial charge in [0.2, 0.25) is 11.8 Å². The van der Waals surface area contributed by atoms with Crippen molar-refractivity contribution >= 4 is 28.8 Å². The third-order valence-electron chi connectivity index (χ3n) is 8.88. The van der Waals surface area contributed by atoms with E-state index >= 15 is 8.78 Å². The number of nitrogens with one attached hydrogen (secondary N) is 1. The van der Waals surface area contributed by atoms with Gasteiger partial charge in [-0.25, -0.2) is 13.6 Å². The number of imide groups is 1. The Balaban J connectivity index is 1.23. The minimum atomic E-state index is -0.720. The highest BCUT2D eigenvalue weighted by Crippen LogP contribution is 2.39. The number of likely N-dealkylation sites (tertiary alicyclic amines) is 2. The molecular formula is C30H41F2N5O4. The van der Waals surface area contributed by atoms with Gasteiger partial charge in [0.15, 0.2) is 5.82 Å². The van der Waals surface area contributed by atoms with Crippen LogP contribution in [0.4, 0.5) is 13.6 Å². The lowest BCUT2D eigenvalue weighted by molar-refractivity contribution is -0.134. The molecule has 3 fully saturated rings. The maximum absolute atomic E-state index is 15.9. The second-order valence-corrected chi connectivity index (χ2v) is 13.0. The second-order valence-electron chi connectivity index (χ2n) is 13.0. The number of aromatic nitrogens is 2. The molecule has 3 aliphatic heterocycles. The van der Waals surface area contributed by atoms with Gasteiger partial charge in [0.25, 0.3) is 0 Å². The summed E-state index contributed by atoms with van der Waals surface area (Å²) >= 11 is 0. The monoisotopic (exact) mass is 573 g/mol. The Morgan fingerprint density at radius 3 is 2.46 bits per heavy atom. The molecule has 3 aliphatic rings. The SMILES string of the molecule is C[C@H]1CN(C(=O)OC(C)(C)C)CC[C@H]1CN1CCC(c2c(F)cc3c(C4CCC(=O)NC4=O)nn(C)c3c2F)CC1. The summed E-state index contributed by atoms with van der Waals surface area (Å²) in [5, 5.41) is 6.98. The van der Waals surface area contributed by atoms with E-state index in [1.165, 1.54) is 10.7 Å². The second kappa shape index (κ2) is 11.3. The van der Waals surface area contributed by atoms with Crippen molar-refractivity contribution in [2.24, 2.45) is 18.9 Å². The average Bonchev–Trinajstić information content (AvgIpc) is 3.20. The number of hydrogen-bond donors (Lipinski definition) is 1. The zero-order chi connectivity index (χ0) is 29.6. The van der Waals surface area contributed by atoms with Crippen LogP contribution < -0.4 is 5.32 Å². The molecule has 1 N–H and O–H groups in total. The smallest absolute Gasteiger partial charge is 0.410 e. The first kappa shape index (κ1) is 29.4. The standard InChI is InChI=1S/C30H41F2N5O4/c1-17-15-37(29(40)41-30(2,3)4)13-10-19(17)16-36-11-8-18(9-12-36)24-22(31)14-21-26(34-35(5)27(21)25(24)32)20-6-7-23(38)33-28(20)39/h14,17-20H,6-13,15-16H2,1-5H3,(H,33,38,39)/t17-,19-,20?/m0/s1. The molecule has 0 bridgehead atoms. The Morgan fingerprint density at radius 1 is 1.12 bits per heavy atom. The number of hydrogen-bond acceptors (Lipinski definition) is 6. The number of nitrogens with zero attached hydrogens (tertiary/aromatic N) is 4. The molecule has 0 aliphatic carbocycles. The topological polar surface area (TPSA) is 96.8 Å². The number of rotatable bonds is 4. The van der Waals surface area contributed by atoms with E-state index in [1.54, 1.807) is 11.9 Å². The molecule has 1 unspecified atom stereocenters. The molecular weight excluding hydrogens is 532 g/mol. The van der Waals surface area contributed by atoms with E-state index < -0.39 is 29.1 Å². The van der Waals surface area contributed by atoms with Gasteiger partial charge >= 0.3 is 6.09 Å². The van der Waals surface area contributed by atoms with Gasteiger partial charge in [0.1, 0.15) is 16.9 Å². The summed E-state index contributed by atoms with van der Waals surface area (Å²) in [6, 6.07) is 1.31. The van der Waals surface area contributed by atoms with Gasteiger partial charge in [-0.05, 0) is 83.4 Å². The van der Waals surface area contributed by atoms with E-state index in [0.717, 1.165) is 26.1 Å². The molecule has 3 amide bonds. The Hall–Kier alpha value is -3.08. The van der Waals surface area contributed by atoms with E-state index in [0.29, 0.717) is 43.5 Å². The normalized spacial score (nSPS) is 25.0. The van der Waals surface area contributed by atoms with Gasteiger partial charge in [-0.15, -0.1) is 0 Å². The lowest BCUT2D eigenvalue weighted by Gasteiger charge is -2.41. The first-order chi connectivity index (χ1) is 19.3. The fourth-order valence-electron chi connectivity index (χ4n) is 6.68. The number of piperidine rings is 3. The van der Waals surface area contributed by atoms with E-state index in [9.17, 15) is 14.4 Å². The molecule has 1 aromatic carbocycles. The van der Waals surface area contributed by atoms with Crippen LogP contribution in [0.25, 0.3) is 10.9 Å². The van der Waals surface area contributed by atoms with Crippen LogP contribution >= 0.6 is 0 Å².